The number of amides is 1. The molecule has 0 saturated carbocycles. The lowest BCUT2D eigenvalue weighted by Gasteiger charge is -2.43. The molecule has 1 aliphatic heterocycles. The van der Waals surface area contributed by atoms with Crippen LogP contribution in [0.4, 0.5) is 11.4 Å². The highest BCUT2D eigenvalue weighted by molar-refractivity contribution is 7.92. The summed E-state index contributed by atoms with van der Waals surface area (Å²) in [4.78, 5) is 14.8. The number of sulfonamides is 1. The lowest BCUT2D eigenvalue weighted by Crippen LogP contribution is -2.47. The first-order valence-corrected chi connectivity index (χ1v) is 12.4. The summed E-state index contributed by atoms with van der Waals surface area (Å²) >= 11 is 0. The molecular weight excluding hydrogens is 420 g/mol. The maximum atomic E-state index is 14.0. The molecule has 0 N–H and O–H groups in total. The lowest BCUT2D eigenvalue weighted by molar-refractivity contribution is -0.118. The second kappa shape index (κ2) is 8.79. The lowest BCUT2D eigenvalue weighted by atomic mass is 9.91. The van der Waals surface area contributed by atoms with E-state index in [2.05, 4.69) is 0 Å². The highest BCUT2D eigenvalue weighted by Gasteiger charge is 2.40. The van der Waals surface area contributed by atoms with E-state index in [9.17, 15) is 13.2 Å². The predicted molar refractivity (Wildman–Crippen MR) is 128 cm³/mol. The zero-order chi connectivity index (χ0) is 22.9. The monoisotopic (exact) mass is 448 g/mol. The number of hydrogen-bond donors (Lipinski definition) is 0. The summed E-state index contributed by atoms with van der Waals surface area (Å²) in [5.74, 6) is 0.0380. The Morgan fingerprint density at radius 3 is 2.25 bits per heavy atom. The van der Waals surface area contributed by atoms with Crippen LogP contribution < -0.4 is 9.21 Å². The Labute approximate surface area is 190 Å². The van der Waals surface area contributed by atoms with Gasteiger partial charge in [0, 0.05) is 18.2 Å². The number of carbonyl (C=O) groups is 1. The normalized spacial score (nSPS) is 18.2. The van der Waals surface area contributed by atoms with Crippen molar-refractivity contribution in [3.8, 4) is 0 Å². The molecule has 3 aromatic carbocycles. The fourth-order valence-corrected chi connectivity index (χ4v) is 6.08. The molecule has 0 saturated heterocycles. The second-order valence-corrected chi connectivity index (χ2v) is 10.0. The number of fused-ring (bicyclic) bond motifs is 1. The molecule has 166 valence electrons. The van der Waals surface area contributed by atoms with Crippen molar-refractivity contribution in [1.29, 1.82) is 0 Å². The van der Waals surface area contributed by atoms with E-state index in [1.807, 2.05) is 92.4 Å². The van der Waals surface area contributed by atoms with Gasteiger partial charge in [0.1, 0.15) is 0 Å². The standard InChI is InChI=1S/C26H28N2O3S/c1-4-26(29)27-20(3)18-25(23-12-8-9-13-24(23)27)28(21-10-6-5-7-11-21)32(30,31)22-16-14-19(2)15-17-22/h5-17,20,25H,4,18H2,1-3H3/t20-,25+/m0/s1. The summed E-state index contributed by atoms with van der Waals surface area (Å²) in [6, 6.07) is 23.2. The first-order valence-electron chi connectivity index (χ1n) is 10.9. The molecule has 2 atom stereocenters. The highest BCUT2D eigenvalue weighted by atomic mass is 32.2. The minimum absolute atomic E-state index is 0.0380. The van der Waals surface area contributed by atoms with Gasteiger partial charge in [-0.25, -0.2) is 8.42 Å². The van der Waals surface area contributed by atoms with E-state index in [0.717, 1.165) is 16.8 Å². The van der Waals surface area contributed by atoms with E-state index in [1.54, 1.807) is 12.1 Å². The molecule has 0 unspecified atom stereocenters. The topological polar surface area (TPSA) is 57.7 Å². The van der Waals surface area contributed by atoms with Crippen molar-refractivity contribution in [3.63, 3.8) is 0 Å². The molecule has 1 heterocycles. The van der Waals surface area contributed by atoms with Gasteiger partial charge in [0.05, 0.1) is 16.6 Å². The van der Waals surface area contributed by atoms with E-state index in [1.165, 1.54) is 4.31 Å². The van der Waals surface area contributed by atoms with Crippen LogP contribution in [0, 0.1) is 6.92 Å². The van der Waals surface area contributed by atoms with Crippen molar-refractivity contribution in [3.05, 3.63) is 90.0 Å². The van der Waals surface area contributed by atoms with Crippen LogP contribution in [0.1, 0.15) is 43.9 Å². The quantitative estimate of drug-likeness (QED) is 0.520. The average Bonchev–Trinajstić information content (AvgIpc) is 2.79. The second-order valence-electron chi connectivity index (χ2n) is 8.23. The molecule has 0 fully saturated rings. The maximum Gasteiger partial charge on any atom is 0.264 e. The molecule has 0 bridgehead atoms. The van der Waals surface area contributed by atoms with Crippen LogP contribution in [0.2, 0.25) is 0 Å². The predicted octanol–water partition coefficient (Wildman–Crippen LogP) is 5.47. The van der Waals surface area contributed by atoms with Gasteiger partial charge in [-0.3, -0.25) is 9.10 Å². The minimum Gasteiger partial charge on any atom is -0.309 e. The third-order valence-electron chi connectivity index (χ3n) is 6.00. The summed E-state index contributed by atoms with van der Waals surface area (Å²) in [7, 11) is -3.85. The van der Waals surface area contributed by atoms with Gasteiger partial charge in [-0.05, 0) is 56.2 Å². The van der Waals surface area contributed by atoms with Crippen molar-refractivity contribution in [2.75, 3.05) is 9.21 Å². The number of nitrogens with zero attached hydrogens (tertiary/aromatic N) is 2. The Balaban J connectivity index is 1.91. The molecule has 0 aromatic heterocycles. The number of rotatable bonds is 5. The number of hydrogen-bond acceptors (Lipinski definition) is 3. The molecule has 5 nitrogen and oxygen atoms in total. The maximum absolute atomic E-state index is 14.0. The Hall–Kier alpha value is -3.12. The molecule has 1 aliphatic rings. The van der Waals surface area contributed by atoms with Crippen molar-refractivity contribution in [1.82, 2.24) is 0 Å². The number of anilines is 2. The largest absolute Gasteiger partial charge is 0.309 e. The van der Waals surface area contributed by atoms with Crippen molar-refractivity contribution >= 4 is 27.3 Å². The number of para-hydroxylation sites is 2. The fourth-order valence-electron chi connectivity index (χ4n) is 4.44. The average molecular weight is 449 g/mol. The van der Waals surface area contributed by atoms with Gasteiger partial charge in [0.25, 0.3) is 10.0 Å². The van der Waals surface area contributed by atoms with Gasteiger partial charge in [-0.15, -0.1) is 0 Å². The molecule has 0 radical (unpaired) electrons. The third kappa shape index (κ3) is 3.91. The van der Waals surface area contributed by atoms with Crippen LogP contribution in [0.15, 0.2) is 83.8 Å². The molecule has 0 spiro atoms. The van der Waals surface area contributed by atoms with E-state index in [0.29, 0.717) is 18.5 Å². The Morgan fingerprint density at radius 2 is 1.59 bits per heavy atom. The fraction of sp³-hybridized carbons (Fsp3) is 0.269. The minimum atomic E-state index is -3.85. The van der Waals surface area contributed by atoms with Crippen LogP contribution in [-0.4, -0.2) is 20.4 Å². The SMILES string of the molecule is CCC(=O)N1c2ccccc2[C@H](N(c2ccccc2)S(=O)(=O)c2ccc(C)cc2)C[C@@H]1C. The van der Waals surface area contributed by atoms with Gasteiger partial charge in [-0.1, -0.05) is 61.0 Å². The first kappa shape index (κ1) is 22.1. The molecular formula is C26H28N2O3S. The van der Waals surface area contributed by atoms with E-state index in [4.69, 9.17) is 0 Å². The zero-order valence-electron chi connectivity index (χ0n) is 18.6. The van der Waals surface area contributed by atoms with Gasteiger partial charge in [0.2, 0.25) is 5.91 Å². The third-order valence-corrected chi connectivity index (χ3v) is 7.85. The first-order chi connectivity index (χ1) is 15.3. The van der Waals surface area contributed by atoms with Crippen molar-refractivity contribution in [2.45, 2.75) is 50.6 Å². The number of aryl methyl sites for hydroxylation is 1. The summed E-state index contributed by atoms with van der Waals surface area (Å²) < 4.78 is 29.5. The molecule has 1 amide bonds. The van der Waals surface area contributed by atoms with E-state index in [-0.39, 0.29) is 16.8 Å². The van der Waals surface area contributed by atoms with Crippen LogP contribution in [0.5, 0.6) is 0 Å². The van der Waals surface area contributed by atoms with E-state index >= 15 is 0 Å². The molecule has 6 heteroatoms. The van der Waals surface area contributed by atoms with Gasteiger partial charge in [-0.2, -0.15) is 0 Å². The van der Waals surface area contributed by atoms with Crippen LogP contribution >= 0.6 is 0 Å². The van der Waals surface area contributed by atoms with Crippen LogP contribution in [0.3, 0.4) is 0 Å². The smallest absolute Gasteiger partial charge is 0.264 e. The summed E-state index contributed by atoms with van der Waals surface area (Å²) in [5, 5.41) is 0. The highest BCUT2D eigenvalue weighted by Crippen LogP contribution is 2.44. The summed E-state index contributed by atoms with van der Waals surface area (Å²) in [5.41, 5.74) is 3.23. The Morgan fingerprint density at radius 1 is 0.969 bits per heavy atom. The molecule has 32 heavy (non-hydrogen) atoms. The van der Waals surface area contributed by atoms with Crippen molar-refractivity contribution < 1.29 is 13.2 Å². The summed E-state index contributed by atoms with van der Waals surface area (Å²) in [6.07, 6.45) is 0.899. The Bertz CT molecular complexity index is 1210. The molecule has 4 rings (SSSR count). The van der Waals surface area contributed by atoms with Gasteiger partial charge < -0.3 is 4.90 Å². The van der Waals surface area contributed by atoms with Crippen LogP contribution in [-0.2, 0) is 14.8 Å². The number of carbonyl (C=O) groups excluding carboxylic acids is 1. The van der Waals surface area contributed by atoms with E-state index < -0.39 is 16.1 Å². The number of benzene rings is 3. The van der Waals surface area contributed by atoms with Gasteiger partial charge >= 0.3 is 0 Å². The molecule has 3 aromatic rings. The summed E-state index contributed by atoms with van der Waals surface area (Å²) in [6.45, 7) is 5.77. The van der Waals surface area contributed by atoms with Gasteiger partial charge in [0.15, 0.2) is 0 Å². The van der Waals surface area contributed by atoms with Crippen LogP contribution in [0.25, 0.3) is 0 Å². The Kier molecular flexibility index (Phi) is 6.07. The van der Waals surface area contributed by atoms with Crippen molar-refractivity contribution in [2.24, 2.45) is 0 Å². The molecule has 0 aliphatic carbocycles. The zero-order valence-corrected chi connectivity index (χ0v) is 19.4.